The molecule has 3 aromatic rings. The van der Waals surface area contributed by atoms with Crippen molar-refractivity contribution >= 4 is 11.7 Å². The van der Waals surface area contributed by atoms with Crippen LogP contribution in [0.25, 0.3) is 0 Å². The third kappa shape index (κ3) is 4.13. The number of fused-ring (bicyclic) bond motifs is 1. The fourth-order valence-corrected chi connectivity index (χ4v) is 3.10. The van der Waals surface area contributed by atoms with Crippen LogP contribution in [0.4, 0.5) is 10.1 Å². The number of hydrogen-bond donors (Lipinski definition) is 0. The van der Waals surface area contributed by atoms with Crippen molar-refractivity contribution < 1.29 is 28.3 Å². The summed E-state index contributed by atoms with van der Waals surface area (Å²) in [5.41, 5.74) is 1.71. The minimum Gasteiger partial charge on any atom is -0.460 e. The lowest BCUT2D eigenvalue weighted by Crippen LogP contribution is -2.20. The standard InChI is InChI=1S/C22H16FNO6/c23-18-10-16(12-28-21(25)14-6-8-19(9-7-14)24(26)27)20-17(11-18)13-29-22(30-20)15-4-2-1-3-5-15/h1-11,22H,12-13H2/t22-/m0/s1. The van der Waals surface area contributed by atoms with Gasteiger partial charge in [-0.25, -0.2) is 9.18 Å². The van der Waals surface area contributed by atoms with Crippen molar-refractivity contribution in [2.24, 2.45) is 0 Å². The highest BCUT2D eigenvalue weighted by molar-refractivity contribution is 5.89. The Kier molecular flexibility index (Phi) is 5.40. The fraction of sp³-hybridized carbons (Fsp3) is 0.136. The van der Waals surface area contributed by atoms with E-state index in [0.717, 1.165) is 5.56 Å². The second-order valence-electron chi connectivity index (χ2n) is 6.60. The van der Waals surface area contributed by atoms with Crippen molar-refractivity contribution in [2.75, 3.05) is 0 Å². The number of hydrogen-bond acceptors (Lipinski definition) is 6. The second kappa shape index (κ2) is 8.30. The summed E-state index contributed by atoms with van der Waals surface area (Å²) >= 11 is 0. The van der Waals surface area contributed by atoms with Crippen molar-refractivity contribution in [3.63, 3.8) is 0 Å². The van der Waals surface area contributed by atoms with Crippen LogP contribution in [-0.4, -0.2) is 10.9 Å². The van der Waals surface area contributed by atoms with Crippen molar-refractivity contribution in [2.45, 2.75) is 19.5 Å². The van der Waals surface area contributed by atoms with Gasteiger partial charge in [0, 0.05) is 28.8 Å². The van der Waals surface area contributed by atoms with E-state index < -0.39 is 23.0 Å². The van der Waals surface area contributed by atoms with Gasteiger partial charge >= 0.3 is 5.97 Å². The lowest BCUT2D eigenvalue weighted by atomic mass is 10.1. The second-order valence-corrected chi connectivity index (χ2v) is 6.60. The topological polar surface area (TPSA) is 87.9 Å². The van der Waals surface area contributed by atoms with Gasteiger partial charge < -0.3 is 14.2 Å². The first-order chi connectivity index (χ1) is 14.5. The van der Waals surface area contributed by atoms with Gasteiger partial charge in [-0.1, -0.05) is 30.3 Å². The van der Waals surface area contributed by atoms with Gasteiger partial charge in [0.25, 0.3) is 5.69 Å². The minimum absolute atomic E-state index is 0.133. The van der Waals surface area contributed by atoms with Gasteiger partial charge in [0.2, 0.25) is 6.29 Å². The van der Waals surface area contributed by atoms with Crippen LogP contribution in [0.2, 0.25) is 0 Å². The third-order valence-electron chi connectivity index (χ3n) is 4.57. The molecule has 0 spiro atoms. The monoisotopic (exact) mass is 409 g/mol. The summed E-state index contributed by atoms with van der Waals surface area (Å²) in [5, 5.41) is 10.7. The van der Waals surface area contributed by atoms with Crippen LogP contribution < -0.4 is 4.74 Å². The Hall–Kier alpha value is -3.78. The highest BCUT2D eigenvalue weighted by Gasteiger charge is 2.25. The largest absolute Gasteiger partial charge is 0.460 e. The molecule has 0 aromatic heterocycles. The van der Waals surface area contributed by atoms with E-state index in [1.54, 1.807) is 0 Å². The van der Waals surface area contributed by atoms with Gasteiger partial charge in [0.15, 0.2) is 0 Å². The van der Waals surface area contributed by atoms with Gasteiger partial charge in [0.1, 0.15) is 18.2 Å². The summed E-state index contributed by atoms with van der Waals surface area (Å²) in [4.78, 5) is 22.4. The number of halogens is 1. The molecule has 30 heavy (non-hydrogen) atoms. The summed E-state index contributed by atoms with van der Waals surface area (Å²) in [6.07, 6.45) is -0.659. The number of rotatable bonds is 5. The molecule has 3 aromatic carbocycles. The van der Waals surface area contributed by atoms with Gasteiger partial charge in [-0.2, -0.15) is 0 Å². The van der Waals surface area contributed by atoms with E-state index in [-0.39, 0.29) is 24.5 Å². The van der Waals surface area contributed by atoms with E-state index in [1.807, 2.05) is 30.3 Å². The number of carbonyl (C=O) groups excluding carboxylic acids is 1. The number of nitrogens with zero attached hydrogens (tertiary/aromatic N) is 1. The summed E-state index contributed by atoms with van der Waals surface area (Å²) in [7, 11) is 0. The Morgan fingerprint density at radius 3 is 2.57 bits per heavy atom. The maximum atomic E-state index is 14.0. The highest BCUT2D eigenvalue weighted by Crippen LogP contribution is 2.36. The maximum Gasteiger partial charge on any atom is 0.338 e. The average Bonchev–Trinajstić information content (AvgIpc) is 2.77. The predicted molar refractivity (Wildman–Crippen MR) is 103 cm³/mol. The van der Waals surface area contributed by atoms with Crippen LogP contribution in [-0.2, 0) is 22.7 Å². The summed E-state index contributed by atoms with van der Waals surface area (Å²) < 4.78 is 30.9. The third-order valence-corrected chi connectivity index (χ3v) is 4.57. The lowest BCUT2D eigenvalue weighted by molar-refractivity contribution is -0.384. The Labute approximate surface area is 170 Å². The lowest BCUT2D eigenvalue weighted by Gasteiger charge is -2.28. The number of benzene rings is 3. The molecule has 1 atom stereocenters. The van der Waals surface area contributed by atoms with E-state index in [1.165, 1.54) is 36.4 Å². The van der Waals surface area contributed by atoms with Gasteiger partial charge in [0.05, 0.1) is 17.1 Å². The Balaban J connectivity index is 1.51. The first kappa shape index (κ1) is 19.5. The van der Waals surface area contributed by atoms with E-state index in [9.17, 15) is 19.3 Å². The molecule has 0 fully saturated rings. The predicted octanol–water partition coefficient (Wildman–Crippen LogP) is 4.70. The average molecular weight is 409 g/mol. The van der Waals surface area contributed by atoms with Crippen molar-refractivity contribution in [3.8, 4) is 5.75 Å². The molecule has 1 heterocycles. The zero-order valence-corrected chi connectivity index (χ0v) is 15.6. The van der Waals surface area contributed by atoms with Crippen molar-refractivity contribution in [1.29, 1.82) is 0 Å². The molecular weight excluding hydrogens is 393 g/mol. The molecule has 1 aliphatic rings. The SMILES string of the molecule is O=C(OCc1cc(F)cc2c1O[C@@H](c1ccccc1)OC2)c1ccc([N+](=O)[O-])cc1. The normalized spacial score (nSPS) is 15.0. The van der Waals surface area contributed by atoms with Gasteiger partial charge in [-0.3, -0.25) is 10.1 Å². The quantitative estimate of drug-likeness (QED) is 0.345. The summed E-state index contributed by atoms with van der Waals surface area (Å²) in [5.74, 6) is -0.775. The van der Waals surface area contributed by atoms with Crippen LogP contribution in [0, 0.1) is 15.9 Å². The molecule has 0 unspecified atom stereocenters. The van der Waals surface area contributed by atoms with Crippen molar-refractivity contribution in [3.05, 3.63) is 105 Å². The number of ether oxygens (including phenoxy) is 3. The Morgan fingerprint density at radius 1 is 1.13 bits per heavy atom. The molecule has 0 amide bonds. The molecular formula is C22H16FNO6. The van der Waals surface area contributed by atoms with Gasteiger partial charge in [-0.05, 0) is 24.3 Å². The Morgan fingerprint density at radius 2 is 1.87 bits per heavy atom. The number of carbonyl (C=O) groups is 1. The smallest absolute Gasteiger partial charge is 0.338 e. The fourth-order valence-electron chi connectivity index (χ4n) is 3.10. The molecule has 4 rings (SSSR count). The molecule has 0 saturated heterocycles. The minimum atomic E-state index is -0.686. The molecule has 0 N–H and O–H groups in total. The molecule has 8 heteroatoms. The molecule has 1 aliphatic heterocycles. The number of non-ortho nitro benzene ring substituents is 1. The maximum absolute atomic E-state index is 14.0. The van der Waals surface area contributed by atoms with Crippen LogP contribution in [0.3, 0.4) is 0 Å². The van der Waals surface area contributed by atoms with E-state index in [0.29, 0.717) is 16.9 Å². The summed E-state index contributed by atoms with van der Waals surface area (Å²) in [6.45, 7) is -0.0760. The van der Waals surface area contributed by atoms with Crippen LogP contribution in [0.15, 0.2) is 66.7 Å². The molecule has 0 aliphatic carbocycles. The molecule has 0 saturated carbocycles. The first-order valence-electron chi connectivity index (χ1n) is 9.07. The van der Waals surface area contributed by atoms with Crippen LogP contribution >= 0.6 is 0 Å². The first-order valence-corrected chi connectivity index (χ1v) is 9.07. The zero-order chi connectivity index (χ0) is 21.1. The van der Waals surface area contributed by atoms with E-state index >= 15 is 0 Å². The van der Waals surface area contributed by atoms with Crippen LogP contribution in [0.5, 0.6) is 5.75 Å². The number of nitro benzene ring substituents is 1. The van der Waals surface area contributed by atoms with Crippen molar-refractivity contribution in [1.82, 2.24) is 0 Å². The van der Waals surface area contributed by atoms with E-state index in [2.05, 4.69) is 0 Å². The van der Waals surface area contributed by atoms with Crippen LogP contribution in [0.1, 0.15) is 33.3 Å². The Bertz CT molecular complexity index is 1080. The molecule has 7 nitrogen and oxygen atoms in total. The molecule has 0 radical (unpaired) electrons. The molecule has 0 bridgehead atoms. The van der Waals surface area contributed by atoms with Gasteiger partial charge in [-0.15, -0.1) is 0 Å². The highest BCUT2D eigenvalue weighted by atomic mass is 19.1. The number of esters is 1. The van der Waals surface area contributed by atoms with E-state index in [4.69, 9.17) is 14.2 Å². The number of nitro groups is 1. The summed E-state index contributed by atoms with van der Waals surface area (Å²) in [6, 6.07) is 16.9. The zero-order valence-electron chi connectivity index (χ0n) is 15.6. The molecule has 152 valence electrons.